The molecule has 1 aromatic carbocycles. The number of halogens is 2. The van der Waals surface area contributed by atoms with E-state index in [-0.39, 0.29) is 18.0 Å². The first kappa shape index (κ1) is 15.6. The molecule has 20 heavy (non-hydrogen) atoms. The lowest BCUT2D eigenvalue weighted by molar-refractivity contribution is -0.121. The lowest BCUT2D eigenvalue weighted by atomic mass is 10.0. The molecule has 1 aromatic rings. The first-order valence-corrected chi connectivity index (χ1v) is 7.69. The lowest BCUT2D eigenvalue weighted by Crippen LogP contribution is -2.52. The van der Waals surface area contributed by atoms with E-state index in [4.69, 9.17) is 23.2 Å². The Balaban J connectivity index is 2.33. The maximum Gasteiger partial charge on any atom is 0.244 e. The average molecular weight is 315 g/mol. The monoisotopic (exact) mass is 314 g/mol. The normalized spacial score (nSPS) is 19.8. The van der Waals surface area contributed by atoms with Crippen LogP contribution in [0.5, 0.6) is 0 Å². The van der Waals surface area contributed by atoms with Crippen molar-refractivity contribution >= 4 is 34.8 Å². The second-order valence-corrected chi connectivity index (χ2v) is 6.32. The predicted octanol–water partition coefficient (Wildman–Crippen LogP) is 3.80. The molecule has 0 spiro atoms. The summed E-state index contributed by atoms with van der Waals surface area (Å²) in [6.07, 6.45) is 1.80. The number of nitrogens with one attached hydrogen (secondary N) is 1. The van der Waals surface area contributed by atoms with Crippen molar-refractivity contribution in [1.29, 1.82) is 0 Å². The molecule has 5 heteroatoms. The molecule has 0 aromatic heterocycles. The van der Waals surface area contributed by atoms with Gasteiger partial charge in [-0.2, -0.15) is 0 Å². The predicted molar refractivity (Wildman–Crippen MR) is 84.8 cm³/mol. The molecule has 1 fully saturated rings. The number of hydrogen-bond donors (Lipinski definition) is 1. The van der Waals surface area contributed by atoms with Crippen molar-refractivity contribution in [2.24, 2.45) is 0 Å². The van der Waals surface area contributed by atoms with Gasteiger partial charge in [0.2, 0.25) is 5.91 Å². The summed E-state index contributed by atoms with van der Waals surface area (Å²) in [5.41, 5.74) is 1.58. The van der Waals surface area contributed by atoms with Gasteiger partial charge in [0.25, 0.3) is 0 Å². The molecule has 0 aliphatic carbocycles. The van der Waals surface area contributed by atoms with E-state index >= 15 is 0 Å². The van der Waals surface area contributed by atoms with Gasteiger partial charge in [0.05, 0.1) is 21.8 Å². The SMILES string of the molecule is Cc1ccc(Cl)c(N2CCCC(NC(C)C)C2=O)c1Cl. The summed E-state index contributed by atoms with van der Waals surface area (Å²) in [6.45, 7) is 6.66. The van der Waals surface area contributed by atoms with E-state index in [0.717, 1.165) is 18.4 Å². The number of piperidine rings is 1. The van der Waals surface area contributed by atoms with Crippen LogP contribution in [-0.2, 0) is 4.79 Å². The molecule has 2 rings (SSSR count). The van der Waals surface area contributed by atoms with Gasteiger partial charge in [-0.15, -0.1) is 0 Å². The maximum absolute atomic E-state index is 12.6. The van der Waals surface area contributed by atoms with E-state index in [1.807, 2.05) is 26.8 Å². The largest absolute Gasteiger partial charge is 0.308 e. The number of carbonyl (C=O) groups is 1. The molecular weight excluding hydrogens is 295 g/mol. The molecule has 0 saturated carbocycles. The quantitative estimate of drug-likeness (QED) is 0.920. The third kappa shape index (κ3) is 3.11. The van der Waals surface area contributed by atoms with Crippen molar-refractivity contribution in [1.82, 2.24) is 5.32 Å². The fourth-order valence-corrected chi connectivity index (χ4v) is 3.12. The number of benzene rings is 1. The molecule has 1 N–H and O–H groups in total. The highest BCUT2D eigenvalue weighted by Crippen LogP contribution is 2.37. The highest BCUT2D eigenvalue weighted by Gasteiger charge is 2.32. The zero-order valence-corrected chi connectivity index (χ0v) is 13.6. The molecule has 110 valence electrons. The van der Waals surface area contributed by atoms with Crippen molar-refractivity contribution in [2.45, 2.75) is 45.7 Å². The molecule has 1 aliphatic heterocycles. The zero-order valence-electron chi connectivity index (χ0n) is 12.0. The highest BCUT2D eigenvalue weighted by molar-refractivity contribution is 6.40. The van der Waals surface area contributed by atoms with E-state index in [2.05, 4.69) is 5.32 Å². The van der Waals surface area contributed by atoms with Gasteiger partial charge in [-0.05, 0) is 31.4 Å². The van der Waals surface area contributed by atoms with Crippen molar-refractivity contribution in [3.8, 4) is 0 Å². The first-order chi connectivity index (χ1) is 9.41. The fourth-order valence-electron chi connectivity index (χ4n) is 2.54. The molecule has 1 aliphatic rings. The van der Waals surface area contributed by atoms with Crippen LogP contribution in [0.2, 0.25) is 10.0 Å². The number of amides is 1. The number of anilines is 1. The Morgan fingerprint density at radius 3 is 2.70 bits per heavy atom. The minimum Gasteiger partial charge on any atom is -0.308 e. The number of carbonyl (C=O) groups excluding carboxylic acids is 1. The van der Waals surface area contributed by atoms with Crippen molar-refractivity contribution in [2.75, 3.05) is 11.4 Å². The first-order valence-electron chi connectivity index (χ1n) is 6.94. The Labute approximate surface area is 130 Å². The third-order valence-corrected chi connectivity index (χ3v) is 4.29. The van der Waals surface area contributed by atoms with E-state index in [1.54, 1.807) is 11.0 Å². The molecule has 0 bridgehead atoms. The lowest BCUT2D eigenvalue weighted by Gasteiger charge is -2.34. The zero-order chi connectivity index (χ0) is 14.9. The molecule has 3 nitrogen and oxygen atoms in total. The summed E-state index contributed by atoms with van der Waals surface area (Å²) in [6, 6.07) is 3.78. The van der Waals surface area contributed by atoms with Crippen molar-refractivity contribution < 1.29 is 4.79 Å². The van der Waals surface area contributed by atoms with Crippen LogP contribution in [0.1, 0.15) is 32.3 Å². The smallest absolute Gasteiger partial charge is 0.244 e. The van der Waals surface area contributed by atoms with Gasteiger partial charge in [0, 0.05) is 12.6 Å². The topological polar surface area (TPSA) is 32.3 Å². The summed E-state index contributed by atoms with van der Waals surface area (Å²) >= 11 is 12.6. The van der Waals surface area contributed by atoms with Crippen molar-refractivity contribution in [3.05, 3.63) is 27.7 Å². The minimum atomic E-state index is -0.156. The van der Waals surface area contributed by atoms with Crippen LogP contribution in [0.15, 0.2) is 12.1 Å². The second-order valence-electron chi connectivity index (χ2n) is 5.53. The Bertz CT molecular complexity index is 517. The average Bonchev–Trinajstić information content (AvgIpc) is 2.38. The summed E-state index contributed by atoms with van der Waals surface area (Å²) < 4.78 is 0. The van der Waals surface area contributed by atoms with Crippen LogP contribution in [0, 0.1) is 6.92 Å². The Morgan fingerprint density at radius 2 is 2.05 bits per heavy atom. The number of hydrogen-bond acceptors (Lipinski definition) is 2. The van der Waals surface area contributed by atoms with Gasteiger partial charge in [0.1, 0.15) is 0 Å². The van der Waals surface area contributed by atoms with E-state index in [9.17, 15) is 4.79 Å². The Morgan fingerprint density at radius 1 is 1.35 bits per heavy atom. The van der Waals surface area contributed by atoms with Gasteiger partial charge in [-0.3, -0.25) is 4.79 Å². The standard InChI is InChI=1S/C15H20Cl2N2O/c1-9(2)18-12-5-4-8-19(15(12)20)14-11(16)7-6-10(3)13(14)17/h6-7,9,12,18H,4-5,8H2,1-3H3. The molecular formula is C15H20Cl2N2O. The van der Waals surface area contributed by atoms with E-state index < -0.39 is 0 Å². The Hall–Kier alpha value is -0.770. The van der Waals surface area contributed by atoms with E-state index in [0.29, 0.717) is 22.3 Å². The van der Waals surface area contributed by atoms with E-state index in [1.165, 1.54) is 0 Å². The molecule has 1 unspecified atom stereocenters. The fraction of sp³-hybridized carbons (Fsp3) is 0.533. The van der Waals surface area contributed by atoms with Crippen LogP contribution in [-0.4, -0.2) is 24.5 Å². The summed E-state index contributed by atoms with van der Waals surface area (Å²) in [5, 5.41) is 4.40. The van der Waals surface area contributed by atoms with Gasteiger partial charge >= 0.3 is 0 Å². The van der Waals surface area contributed by atoms with Gasteiger partial charge < -0.3 is 10.2 Å². The number of aryl methyl sites for hydroxylation is 1. The van der Waals surface area contributed by atoms with Crippen LogP contribution >= 0.6 is 23.2 Å². The minimum absolute atomic E-state index is 0.0550. The summed E-state index contributed by atoms with van der Waals surface area (Å²) in [7, 11) is 0. The summed E-state index contributed by atoms with van der Waals surface area (Å²) in [4.78, 5) is 14.3. The highest BCUT2D eigenvalue weighted by atomic mass is 35.5. The molecule has 1 amide bonds. The summed E-state index contributed by atoms with van der Waals surface area (Å²) in [5.74, 6) is 0.0550. The molecule has 1 saturated heterocycles. The molecule has 1 atom stereocenters. The third-order valence-electron chi connectivity index (χ3n) is 3.50. The maximum atomic E-state index is 12.6. The molecule has 0 radical (unpaired) electrons. The van der Waals surface area contributed by atoms with Crippen LogP contribution in [0.3, 0.4) is 0 Å². The number of rotatable bonds is 3. The molecule has 1 heterocycles. The van der Waals surface area contributed by atoms with Gasteiger partial charge in [-0.1, -0.05) is 43.1 Å². The van der Waals surface area contributed by atoms with Gasteiger partial charge in [0.15, 0.2) is 0 Å². The Kier molecular flexibility index (Phi) is 4.95. The second kappa shape index (κ2) is 6.33. The van der Waals surface area contributed by atoms with Gasteiger partial charge in [-0.25, -0.2) is 0 Å². The van der Waals surface area contributed by atoms with Crippen LogP contribution < -0.4 is 10.2 Å². The number of nitrogens with zero attached hydrogens (tertiary/aromatic N) is 1. The van der Waals surface area contributed by atoms with Crippen LogP contribution in [0.25, 0.3) is 0 Å². The van der Waals surface area contributed by atoms with Crippen molar-refractivity contribution in [3.63, 3.8) is 0 Å². The van der Waals surface area contributed by atoms with Crippen LogP contribution in [0.4, 0.5) is 5.69 Å².